The number of carbonyl (C=O) groups excluding carboxylic acids is 1. The molecule has 0 radical (unpaired) electrons. The van der Waals surface area contributed by atoms with Crippen molar-refractivity contribution in [3.05, 3.63) is 0 Å². The molecule has 1 saturated heterocycles. The highest BCUT2D eigenvalue weighted by atomic mass is 16.4. The predicted octanol–water partition coefficient (Wildman–Crippen LogP) is 0.203. The smallest absolute Gasteiger partial charge is 0.327 e. The molecule has 1 aliphatic heterocycles. The number of carboxylic acids is 1. The molecule has 0 bridgehead atoms. The van der Waals surface area contributed by atoms with E-state index in [9.17, 15) is 14.7 Å². The number of hydrogen-bond donors (Lipinski definition) is 3. The van der Waals surface area contributed by atoms with Crippen LogP contribution in [0.2, 0.25) is 0 Å². The third-order valence-corrected chi connectivity index (χ3v) is 4.63. The fraction of sp³-hybridized carbons (Fsp3) is 0.857. The summed E-state index contributed by atoms with van der Waals surface area (Å²) in [6.07, 6.45) is 4.78. The van der Waals surface area contributed by atoms with Gasteiger partial charge in [-0.3, -0.25) is 4.79 Å². The number of hydrogen-bond acceptors (Lipinski definition) is 4. The van der Waals surface area contributed by atoms with Gasteiger partial charge in [-0.05, 0) is 19.3 Å². The van der Waals surface area contributed by atoms with E-state index in [0.717, 1.165) is 32.2 Å². The Morgan fingerprint density at radius 3 is 2.80 bits per heavy atom. The number of carbonyl (C=O) groups is 2. The van der Waals surface area contributed by atoms with Gasteiger partial charge in [0, 0.05) is 32.5 Å². The first-order valence-corrected chi connectivity index (χ1v) is 7.35. The molecule has 0 spiro atoms. The molecule has 2 aliphatic rings. The molecule has 1 aliphatic carbocycles. The zero-order chi connectivity index (χ0) is 14.8. The molecule has 0 aromatic heterocycles. The molecule has 114 valence electrons. The molecular weight excluding hydrogens is 260 g/mol. The summed E-state index contributed by atoms with van der Waals surface area (Å²) in [5.41, 5.74) is -0.554. The van der Waals surface area contributed by atoms with Gasteiger partial charge in [-0.1, -0.05) is 12.8 Å². The second-order valence-electron chi connectivity index (χ2n) is 6.15. The third kappa shape index (κ3) is 3.49. The molecule has 20 heavy (non-hydrogen) atoms. The number of carboxylic acid groups (broad SMARTS) is 1. The van der Waals surface area contributed by atoms with E-state index in [-0.39, 0.29) is 11.8 Å². The second-order valence-corrected chi connectivity index (χ2v) is 6.15. The molecule has 3 unspecified atom stereocenters. The molecule has 1 heterocycles. The van der Waals surface area contributed by atoms with Gasteiger partial charge < -0.3 is 20.4 Å². The van der Waals surface area contributed by atoms with Crippen LogP contribution in [0.1, 0.15) is 39.0 Å². The summed E-state index contributed by atoms with van der Waals surface area (Å²) in [7, 11) is 0. The Morgan fingerprint density at radius 1 is 1.40 bits per heavy atom. The lowest BCUT2D eigenvalue weighted by atomic mass is 9.71. The summed E-state index contributed by atoms with van der Waals surface area (Å²) >= 11 is 0. The average Bonchev–Trinajstić information content (AvgIpc) is 2.37. The number of aliphatic hydroxyl groups is 1. The van der Waals surface area contributed by atoms with E-state index in [1.165, 1.54) is 6.92 Å². The second kappa shape index (κ2) is 6.10. The number of nitrogens with one attached hydrogen (secondary N) is 1. The highest BCUT2D eigenvalue weighted by molar-refractivity contribution is 5.82. The summed E-state index contributed by atoms with van der Waals surface area (Å²) in [5.74, 6) is -1.11. The molecular formula is C14H24N2O4. The fourth-order valence-corrected chi connectivity index (χ4v) is 3.49. The molecule has 1 amide bonds. The molecule has 2 rings (SSSR count). The van der Waals surface area contributed by atoms with Crippen molar-refractivity contribution in [3.8, 4) is 0 Å². The fourth-order valence-electron chi connectivity index (χ4n) is 3.49. The van der Waals surface area contributed by atoms with E-state index >= 15 is 0 Å². The topological polar surface area (TPSA) is 89.9 Å². The summed E-state index contributed by atoms with van der Waals surface area (Å²) < 4.78 is 0. The van der Waals surface area contributed by atoms with Crippen LogP contribution in [0.15, 0.2) is 0 Å². The Bertz CT molecular complexity index is 387. The van der Waals surface area contributed by atoms with Crippen LogP contribution in [-0.4, -0.2) is 58.3 Å². The van der Waals surface area contributed by atoms with Gasteiger partial charge in [0.2, 0.25) is 5.91 Å². The largest absolute Gasteiger partial charge is 0.480 e. The Balaban J connectivity index is 1.93. The maximum atomic E-state index is 11.2. The number of aliphatic carboxylic acids is 1. The van der Waals surface area contributed by atoms with Gasteiger partial charge in [-0.15, -0.1) is 0 Å². The maximum Gasteiger partial charge on any atom is 0.327 e. The summed E-state index contributed by atoms with van der Waals surface area (Å²) in [6.45, 7) is 3.05. The summed E-state index contributed by atoms with van der Waals surface area (Å²) in [5, 5.41) is 22.2. The van der Waals surface area contributed by atoms with Crippen LogP contribution in [0.5, 0.6) is 0 Å². The van der Waals surface area contributed by atoms with E-state index in [0.29, 0.717) is 19.5 Å². The minimum absolute atomic E-state index is 0.233. The van der Waals surface area contributed by atoms with Crippen LogP contribution in [0.4, 0.5) is 0 Å². The van der Waals surface area contributed by atoms with Gasteiger partial charge in [0.05, 0.1) is 5.60 Å². The maximum absolute atomic E-state index is 11.2. The Hall–Kier alpha value is -1.14. The standard InChI is InChI=1S/C14H24N2O4/c1-10(17)15-12(13(18)19)9-16-7-6-14(20)5-3-2-4-11(14)8-16/h11-12,20H,2-9H2,1H3,(H,15,17)(H,18,19). The van der Waals surface area contributed by atoms with Crippen molar-refractivity contribution in [1.82, 2.24) is 10.2 Å². The molecule has 6 heteroatoms. The average molecular weight is 284 g/mol. The normalized spacial score (nSPS) is 32.2. The number of amides is 1. The molecule has 0 aromatic carbocycles. The van der Waals surface area contributed by atoms with Crippen LogP contribution in [0.25, 0.3) is 0 Å². The quantitative estimate of drug-likeness (QED) is 0.686. The van der Waals surface area contributed by atoms with Gasteiger partial charge >= 0.3 is 5.97 Å². The van der Waals surface area contributed by atoms with E-state index < -0.39 is 17.6 Å². The molecule has 2 fully saturated rings. The zero-order valence-electron chi connectivity index (χ0n) is 12.0. The highest BCUT2D eigenvalue weighted by Gasteiger charge is 2.43. The number of likely N-dealkylation sites (tertiary alicyclic amines) is 1. The van der Waals surface area contributed by atoms with Crippen molar-refractivity contribution in [2.24, 2.45) is 5.92 Å². The molecule has 3 N–H and O–H groups in total. The first-order chi connectivity index (χ1) is 9.40. The number of rotatable bonds is 4. The first kappa shape index (κ1) is 15.3. The van der Waals surface area contributed by atoms with Crippen LogP contribution in [0.3, 0.4) is 0 Å². The number of nitrogens with zero attached hydrogens (tertiary/aromatic N) is 1. The Morgan fingerprint density at radius 2 is 2.15 bits per heavy atom. The molecule has 0 aromatic rings. The molecule has 1 saturated carbocycles. The van der Waals surface area contributed by atoms with Crippen LogP contribution >= 0.6 is 0 Å². The third-order valence-electron chi connectivity index (χ3n) is 4.63. The number of fused-ring (bicyclic) bond motifs is 1. The van der Waals surface area contributed by atoms with Crippen LogP contribution in [-0.2, 0) is 9.59 Å². The lowest BCUT2D eigenvalue weighted by Crippen LogP contribution is -2.56. The minimum atomic E-state index is -1.01. The SMILES string of the molecule is CC(=O)NC(CN1CCC2(O)CCCCC2C1)C(=O)O. The van der Waals surface area contributed by atoms with Gasteiger partial charge in [-0.2, -0.15) is 0 Å². The van der Waals surface area contributed by atoms with Crippen molar-refractivity contribution < 1.29 is 19.8 Å². The summed E-state index contributed by atoms with van der Waals surface area (Å²) in [6, 6.07) is -0.873. The van der Waals surface area contributed by atoms with Crippen molar-refractivity contribution in [2.75, 3.05) is 19.6 Å². The van der Waals surface area contributed by atoms with Crippen LogP contribution in [0, 0.1) is 5.92 Å². The van der Waals surface area contributed by atoms with Gasteiger partial charge in [-0.25, -0.2) is 4.79 Å². The van der Waals surface area contributed by atoms with E-state index in [1.54, 1.807) is 0 Å². The summed E-state index contributed by atoms with van der Waals surface area (Å²) in [4.78, 5) is 24.3. The molecule has 3 atom stereocenters. The monoisotopic (exact) mass is 284 g/mol. The van der Waals surface area contributed by atoms with Crippen molar-refractivity contribution in [1.29, 1.82) is 0 Å². The lowest BCUT2D eigenvalue weighted by Gasteiger charge is -2.47. The van der Waals surface area contributed by atoms with Crippen molar-refractivity contribution in [3.63, 3.8) is 0 Å². The predicted molar refractivity (Wildman–Crippen MR) is 73.2 cm³/mol. The highest BCUT2D eigenvalue weighted by Crippen LogP contribution is 2.39. The lowest BCUT2D eigenvalue weighted by molar-refractivity contribution is -0.143. The first-order valence-electron chi connectivity index (χ1n) is 7.35. The Kier molecular flexibility index (Phi) is 4.65. The van der Waals surface area contributed by atoms with Gasteiger partial charge in [0.1, 0.15) is 6.04 Å². The van der Waals surface area contributed by atoms with Crippen LogP contribution < -0.4 is 5.32 Å². The van der Waals surface area contributed by atoms with E-state index in [4.69, 9.17) is 5.11 Å². The Labute approximate surface area is 119 Å². The molecule has 6 nitrogen and oxygen atoms in total. The van der Waals surface area contributed by atoms with Crippen molar-refractivity contribution >= 4 is 11.9 Å². The van der Waals surface area contributed by atoms with Gasteiger partial charge in [0.15, 0.2) is 0 Å². The van der Waals surface area contributed by atoms with E-state index in [2.05, 4.69) is 10.2 Å². The van der Waals surface area contributed by atoms with Gasteiger partial charge in [0.25, 0.3) is 0 Å². The minimum Gasteiger partial charge on any atom is -0.480 e. The van der Waals surface area contributed by atoms with E-state index in [1.807, 2.05) is 0 Å². The zero-order valence-corrected chi connectivity index (χ0v) is 12.0. The number of piperidine rings is 1. The van der Waals surface area contributed by atoms with Crippen molar-refractivity contribution in [2.45, 2.75) is 50.7 Å².